The highest BCUT2D eigenvalue weighted by molar-refractivity contribution is 5.81. The predicted molar refractivity (Wildman–Crippen MR) is 140 cm³/mol. The van der Waals surface area contributed by atoms with E-state index in [9.17, 15) is 29.1 Å². The van der Waals surface area contributed by atoms with Crippen molar-refractivity contribution in [2.45, 2.75) is 46.7 Å². The predicted octanol–water partition coefficient (Wildman–Crippen LogP) is -1.57. The molecule has 2 heterocycles. The standard InChI is InChI=1S/C24H38N8O6/c1-17-14-31(24(38)27-23(17)37)15-21(34)30(16-22(35)36)10-7-26-20(33)5-4-8-29(9-6-25)11-12-32-19(3)13-18(2)28-32/h13-14H,4-12,15-16,25H2,1-3H3,(H,26,33)(H,35,36)(H,27,37,38). The van der Waals surface area contributed by atoms with Crippen LogP contribution in [0.5, 0.6) is 0 Å². The Morgan fingerprint density at radius 1 is 1.13 bits per heavy atom. The van der Waals surface area contributed by atoms with Gasteiger partial charge in [-0.25, -0.2) is 4.79 Å². The number of carboxylic acid groups (broad SMARTS) is 1. The van der Waals surface area contributed by atoms with Crippen LogP contribution >= 0.6 is 0 Å². The number of carbonyl (C=O) groups excluding carboxylic acids is 2. The molecule has 0 aliphatic rings. The zero-order valence-electron chi connectivity index (χ0n) is 22.2. The lowest BCUT2D eigenvalue weighted by atomic mass is 10.2. The zero-order chi connectivity index (χ0) is 28.2. The van der Waals surface area contributed by atoms with Gasteiger partial charge in [0.15, 0.2) is 0 Å². The molecule has 0 fully saturated rings. The third-order valence-corrected chi connectivity index (χ3v) is 5.93. The van der Waals surface area contributed by atoms with Crippen molar-refractivity contribution in [1.82, 2.24) is 34.4 Å². The van der Waals surface area contributed by atoms with Crippen LogP contribution < -0.4 is 22.3 Å². The molecule has 0 radical (unpaired) electrons. The summed E-state index contributed by atoms with van der Waals surface area (Å²) in [5.74, 6) is -2.07. The molecule has 210 valence electrons. The Kier molecular flexibility index (Phi) is 11.9. The van der Waals surface area contributed by atoms with E-state index in [1.54, 1.807) is 0 Å². The molecule has 0 aromatic carbocycles. The maximum absolute atomic E-state index is 12.6. The van der Waals surface area contributed by atoms with Gasteiger partial charge < -0.3 is 26.0 Å². The first kappa shape index (κ1) is 30.4. The SMILES string of the molecule is Cc1cc(C)n(CCN(CCN)CCCC(=O)NCCN(CC(=O)O)C(=O)Cn2cc(C)c(=O)[nH]c2=O)n1. The number of nitrogens with two attached hydrogens (primary N) is 1. The Labute approximate surface area is 220 Å². The van der Waals surface area contributed by atoms with Crippen LogP contribution in [-0.4, -0.2) is 97.8 Å². The van der Waals surface area contributed by atoms with Gasteiger partial charge in [-0.15, -0.1) is 0 Å². The summed E-state index contributed by atoms with van der Waals surface area (Å²) in [5, 5.41) is 16.3. The second kappa shape index (κ2) is 14.8. The molecule has 0 aliphatic heterocycles. The molecule has 14 heteroatoms. The number of aryl methyl sites for hydroxylation is 3. The Bertz CT molecular complexity index is 1220. The van der Waals surface area contributed by atoms with Gasteiger partial charge in [-0.1, -0.05) is 0 Å². The summed E-state index contributed by atoms with van der Waals surface area (Å²) in [6, 6.07) is 2.02. The third-order valence-electron chi connectivity index (χ3n) is 5.93. The number of aliphatic carboxylic acids is 1. The maximum Gasteiger partial charge on any atom is 0.328 e. The number of nitrogens with zero attached hydrogens (tertiary/aromatic N) is 5. The van der Waals surface area contributed by atoms with Crippen LogP contribution in [0.4, 0.5) is 0 Å². The minimum Gasteiger partial charge on any atom is -0.480 e. The van der Waals surface area contributed by atoms with Gasteiger partial charge in [0.1, 0.15) is 13.1 Å². The fourth-order valence-corrected chi connectivity index (χ4v) is 3.97. The van der Waals surface area contributed by atoms with Gasteiger partial charge in [-0.2, -0.15) is 5.10 Å². The number of carbonyl (C=O) groups is 3. The highest BCUT2D eigenvalue weighted by Crippen LogP contribution is 2.03. The highest BCUT2D eigenvalue weighted by Gasteiger charge is 2.18. The van der Waals surface area contributed by atoms with Gasteiger partial charge >= 0.3 is 11.7 Å². The van der Waals surface area contributed by atoms with Crippen molar-refractivity contribution in [3.05, 3.63) is 50.1 Å². The first-order valence-corrected chi connectivity index (χ1v) is 12.5. The van der Waals surface area contributed by atoms with Crippen molar-refractivity contribution in [2.75, 3.05) is 45.8 Å². The maximum atomic E-state index is 12.6. The van der Waals surface area contributed by atoms with E-state index < -0.39 is 36.2 Å². The first-order valence-electron chi connectivity index (χ1n) is 12.5. The lowest BCUT2D eigenvalue weighted by Gasteiger charge is -2.22. The highest BCUT2D eigenvalue weighted by atomic mass is 16.4. The molecule has 0 bridgehead atoms. The van der Waals surface area contributed by atoms with Crippen molar-refractivity contribution in [2.24, 2.45) is 5.73 Å². The Morgan fingerprint density at radius 2 is 1.87 bits per heavy atom. The van der Waals surface area contributed by atoms with Crippen LogP contribution in [0.25, 0.3) is 0 Å². The lowest BCUT2D eigenvalue weighted by Crippen LogP contribution is -2.44. The molecule has 2 aromatic heterocycles. The minimum atomic E-state index is -1.23. The van der Waals surface area contributed by atoms with Crippen molar-refractivity contribution in [3.63, 3.8) is 0 Å². The smallest absolute Gasteiger partial charge is 0.328 e. The second-order valence-corrected chi connectivity index (χ2v) is 9.14. The molecule has 0 atom stereocenters. The van der Waals surface area contributed by atoms with Gasteiger partial charge in [-0.05, 0) is 39.8 Å². The van der Waals surface area contributed by atoms with Crippen LogP contribution in [0.15, 0.2) is 21.9 Å². The number of amides is 2. The molecule has 0 aliphatic carbocycles. The Hall–Kier alpha value is -3.78. The molecule has 2 aromatic rings. The van der Waals surface area contributed by atoms with Gasteiger partial charge in [0.05, 0.1) is 12.2 Å². The van der Waals surface area contributed by atoms with Gasteiger partial charge in [0, 0.05) is 56.6 Å². The molecule has 0 saturated heterocycles. The summed E-state index contributed by atoms with van der Waals surface area (Å²) < 4.78 is 2.96. The average molecular weight is 535 g/mol. The van der Waals surface area contributed by atoms with Crippen molar-refractivity contribution < 1.29 is 19.5 Å². The number of rotatable bonds is 16. The summed E-state index contributed by atoms with van der Waals surface area (Å²) >= 11 is 0. The molecule has 0 saturated carbocycles. The summed E-state index contributed by atoms with van der Waals surface area (Å²) in [6.07, 6.45) is 2.11. The number of hydrogen-bond acceptors (Lipinski definition) is 8. The van der Waals surface area contributed by atoms with E-state index in [0.717, 1.165) is 33.9 Å². The van der Waals surface area contributed by atoms with E-state index in [1.165, 1.54) is 13.1 Å². The Morgan fingerprint density at radius 3 is 2.50 bits per heavy atom. The molecule has 0 spiro atoms. The largest absolute Gasteiger partial charge is 0.480 e. The number of nitrogens with one attached hydrogen (secondary N) is 2. The molecule has 2 amide bonds. The van der Waals surface area contributed by atoms with E-state index in [1.807, 2.05) is 24.6 Å². The van der Waals surface area contributed by atoms with Crippen LogP contribution in [0, 0.1) is 20.8 Å². The van der Waals surface area contributed by atoms with Crippen LogP contribution in [0.1, 0.15) is 29.8 Å². The summed E-state index contributed by atoms with van der Waals surface area (Å²) in [7, 11) is 0. The van der Waals surface area contributed by atoms with E-state index in [4.69, 9.17) is 5.73 Å². The number of aromatic amines is 1. The normalized spacial score (nSPS) is 11.1. The topological polar surface area (TPSA) is 189 Å². The van der Waals surface area contributed by atoms with Gasteiger partial charge in [0.2, 0.25) is 11.8 Å². The number of aromatic nitrogens is 4. The van der Waals surface area contributed by atoms with Gasteiger partial charge in [-0.3, -0.25) is 33.4 Å². The van der Waals surface area contributed by atoms with E-state index >= 15 is 0 Å². The fourth-order valence-electron chi connectivity index (χ4n) is 3.97. The summed E-state index contributed by atoms with van der Waals surface area (Å²) in [5.41, 5.74) is 6.71. The summed E-state index contributed by atoms with van der Waals surface area (Å²) in [4.78, 5) is 65.0. The molecule has 38 heavy (non-hydrogen) atoms. The molecule has 14 nitrogen and oxygen atoms in total. The quantitative estimate of drug-likeness (QED) is 0.197. The molecular weight excluding hydrogens is 496 g/mol. The van der Waals surface area contributed by atoms with E-state index in [0.29, 0.717) is 26.1 Å². The van der Waals surface area contributed by atoms with Crippen molar-refractivity contribution in [1.29, 1.82) is 0 Å². The lowest BCUT2D eigenvalue weighted by molar-refractivity contribution is -0.144. The van der Waals surface area contributed by atoms with Crippen molar-refractivity contribution in [3.8, 4) is 0 Å². The molecule has 0 unspecified atom stereocenters. The van der Waals surface area contributed by atoms with E-state index in [-0.39, 0.29) is 31.0 Å². The third kappa shape index (κ3) is 9.94. The second-order valence-electron chi connectivity index (χ2n) is 9.14. The number of H-pyrrole nitrogens is 1. The van der Waals surface area contributed by atoms with Crippen molar-refractivity contribution >= 4 is 17.8 Å². The summed E-state index contributed by atoms with van der Waals surface area (Å²) in [6.45, 7) is 7.79. The number of hydrogen-bond donors (Lipinski definition) is 4. The first-order chi connectivity index (χ1) is 18.0. The number of carboxylic acids is 1. The average Bonchev–Trinajstić information content (AvgIpc) is 3.16. The van der Waals surface area contributed by atoms with E-state index in [2.05, 4.69) is 20.3 Å². The molecular formula is C24H38N8O6. The van der Waals surface area contributed by atoms with Gasteiger partial charge in [0.25, 0.3) is 5.56 Å². The monoisotopic (exact) mass is 534 g/mol. The molecule has 2 rings (SSSR count). The van der Waals surface area contributed by atoms with Crippen LogP contribution in [-0.2, 0) is 27.5 Å². The van der Waals surface area contributed by atoms with Crippen LogP contribution in [0.3, 0.4) is 0 Å². The fraction of sp³-hybridized carbons (Fsp3) is 0.583. The zero-order valence-corrected chi connectivity index (χ0v) is 22.2. The molecule has 5 N–H and O–H groups in total. The Balaban J connectivity index is 1.80. The minimum absolute atomic E-state index is 0.0457. The van der Waals surface area contributed by atoms with Crippen LogP contribution in [0.2, 0.25) is 0 Å².